The topological polar surface area (TPSA) is 53.8 Å². The van der Waals surface area contributed by atoms with E-state index in [4.69, 9.17) is 16.0 Å². The lowest BCUT2D eigenvalue weighted by molar-refractivity contribution is 0.0535. The third-order valence-electron chi connectivity index (χ3n) is 3.71. The van der Waals surface area contributed by atoms with E-state index < -0.39 is 0 Å². The van der Waals surface area contributed by atoms with Crippen molar-refractivity contribution >= 4 is 23.4 Å². The maximum Gasteiger partial charge on any atom is 0.257 e. The molecule has 0 aliphatic carbocycles. The van der Waals surface area contributed by atoms with Gasteiger partial charge in [-0.1, -0.05) is 11.6 Å². The predicted octanol–water partition coefficient (Wildman–Crippen LogP) is 2.53. The normalized spacial score (nSPS) is 15.0. The van der Waals surface area contributed by atoms with E-state index in [0.717, 1.165) is 0 Å². The van der Waals surface area contributed by atoms with Crippen LogP contribution >= 0.6 is 11.6 Å². The van der Waals surface area contributed by atoms with Crippen molar-refractivity contribution in [2.24, 2.45) is 0 Å². The van der Waals surface area contributed by atoms with Crippen LogP contribution in [-0.4, -0.2) is 47.8 Å². The second kappa shape index (κ2) is 6.23. The minimum absolute atomic E-state index is 0.0351. The highest BCUT2D eigenvalue weighted by Crippen LogP contribution is 2.14. The van der Waals surface area contributed by atoms with Crippen LogP contribution in [0, 0.1) is 0 Å². The number of hydrogen-bond acceptors (Lipinski definition) is 3. The molecule has 0 unspecified atom stereocenters. The van der Waals surface area contributed by atoms with Gasteiger partial charge in [0, 0.05) is 36.8 Å². The number of furan rings is 1. The van der Waals surface area contributed by atoms with Gasteiger partial charge in [0.05, 0.1) is 11.8 Å². The van der Waals surface area contributed by atoms with Gasteiger partial charge < -0.3 is 14.2 Å². The first kappa shape index (κ1) is 14.7. The summed E-state index contributed by atoms with van der Waals surface area (Å²) in [4.78, 5) is 28.1. The molecule has 1 aliphatic heterocycles. The Labute approximate surface area is 133 Å². The van der Waals surface area contributed by atoms with Crippen LogP contribution in [0.4, 0.5) is 0 Å². The summed E-state index contributed by atoms with van der Waals surface area (Å²) in [7, 11) is 0. The van der Waals surface area contributed by atoms with Crippen LogP contribution in [0.3, 0.4) is 0 Å². The molecule has 2 heterocycles. The van der Waals surface area contributed by atoms with E-state index in [1.54, 1.807) is 40.1 Å². The van der Waals surface area contributed by atoms with Gasteiger partial charge in [0.15, 0.2) is 0 Å². The van der Waals surface area contributed by atoms with E-state index in [-0.39, 0.29) is 11.8 Å². The van der Waals surface area contributed by atoms with Crippen molar-refractivity contribution in [1.82, 2.24) is 9.80 Å². The summed E-state index contributed by atoms with van der Waals surface area (Å²) < 4.78 is 4.93. The molecule has 0 spiro atoms. The predicted molar refractivity (Wildman–Crippen MR) is 82.0 cm³/mol. The average molecular weight is 319 g/mol. The third kappa shape index (κ3) is 2.99. The molecule has 5 nitrogen and oxygen atoms in total. The molecule has 114 valence electrons. The molecule has 22 heavy (non-hydrogen) atoms. The molecule has 0 atom stereocenters. The number of rotatable bonds is 2. The fraction of sp³-hybridized carbons (Fsp3) is 0.250. The SMILES string of the molecule is O=C(c1ccc(Cl)cc1)N1CCN(C(=O)c2ccoc2)CC1. The van der Waals surface area contributed by atoms with Crippen molar-refractivity contribution < 1.29 is 14.0 Å². The second-order valence-electron chi connectivity index (χ2n) is 5.10. The monoisotopic (exact) mass is 318 g/mol. The molecule has 2 amide bonds. The molecule has 0 saturated carbocycles. The molecule has 6 heteroatoms. The van der Waals surface area contributed by atoms with Crippen LogP contribution in [-0.2, 0) is 0 Å². The Morgan fingerprint density at radius 2 is 1.41 bits per heavy atom. The molecular weight excluding hydrogens is 304 g/mol. The average Bonchev–Trinajstić information content (AvgIpc) is 3.09. The minimum atomic E-state index is -0.0626. The fourth-order valence-electron chi connectivity index (χ4n) is 2.46. The highest BCUT2D eigenvalue weighted by atomic mass is 35.5. The molecule has 0 bridgehead atoms. The maximum atomic E-state index is 12.4. The Kier molecular flexibility index (Phi) is 4.15. The molecule has 1 aliphatic rings. The Balaban J connectivity index is 1.60. The summed E-state index contributed by atoms with van der Waals surface area (Å²) in [6, 6.07) is 8.48. The van der Waals surface area contributed by atoms with Gasteiger partial charge in [-0.25, -0.2) is 0 Å². The van der Waals surface area contributed by atoms with Crippen molar-refractivity contribution in [2.75, 3.05) is 26.2 Å². The van der Waals surface area contributed by atoms with Gasteiger partial charge in [-0.2, -0.15) is 0 Å². The molecule has 0 N–H and O–H groups in total. The Morgan fingerprint density at radius 3 is 1.91 bits per heavy atom. The quantitative estimate of drug-likeness (QED) is 0.855. The van der Waals surface area contributed by atoms with Crippen LogP contribution in [0.15, 0.2) is 47.3 Å². The third-order valence-corrected chi connectivity index (χ3v) is 3.97. The number of piperazine rings is 1. The summed E-state index contributed by atoms with van der Waals surface area (Å²) >= 11 is 5.83. The maximum absolute atomic E-state index is 12.4. The van der Waals surface area contributed by atoms with E-state index >= 15 is 0 Å². The number of amides is 2. The summed E-state index contributed by atoms with van der Waals surface area (Å²) in [5.41, 5.74) is 1.15. The van der Waals surface area contributed by atoms with Crippen molar-refractivity contribution in [3.63, 3.8) is 0 Å². The van der Waals surface area contributed by atoms with E-state index in [2.05, 4.69) is 0 Å². The van der Waals surface area contributed by atoms with Crippen LogP contribution in [0.2, 0.25) is 5.02 Å². The van der Waals surface area contributed by atoms with Crippen molar-refractivity contribution in [1.29, 1.82) is 0 Å². The lowest BCUT2D eigenvalue weighted by Gasteiger charge is -2.34. The number of halogens is 1. The first-order valence-electron chi connectivity index (χ1n) is 7.01. The molecule has 2 aromatic rings. The van der Waals surface area contributed by atoms with Gasteiger partial charge in [0.1, 0.15) is 6.26 Å². The number of benzene rings is 1. The molecule has 0 radical (unpaired) electrons. The van der Waals surface area contributed by atoms with E-state index in [1.807, 2.05) is 0 Å². The highest BCUT2D eigenvalue weighted by molar-refractivity contribution is 6.30. The number of nitrogens with zero attached hydrogens (tertiary/aromatic N) is 2. The summed E-state index contributed by atoms with van der Waals surface area (Å²) in [6.45, 7) is 2.07. The van der Waals surface area contributed by atoms with Gasteiger partial charge in [-0.3, -0.25) is 9.59 Å². The second-order valence-corrected chi connectivity index (χ2v) is 5.54. The number of carbonyl (C=O) groups excluding carboxylic acids is 2. The highest BCUT2D eigenvalue weighted by Gasteiger charge is 2.25. The zero-order chi connectivity index (χ0) is 15.5. The van der Waals surface area contributed by atoms with Crippen LogP contribution in [0.1, 0.15) is 20.7 Å². The zero-order valence-corrected chi connectivity index (χ0v) is 12.6. The van der Waals surface area contributed by atoms with Crippen LogP contribution in [0.25, 0.3) is 0 Å². The Bertz CT molecular complexity index is 659. The molecule has 1 fully saturated rings. The molecule has 1 aromatic carbocycles. The van der Waals surface area contributed by atoms with Gasteiger partial charge in [0.25, 0.3) is 11.8 Å². The van der Waals surface area contributed by atoms with Crippen molar-refractivity contribution in [3.05, 3.63) is 59.0 Å². The fourth-order valence-corrected chi connectivity index (χ4v) is 2.58. The largest absolute Gasteiger partial charge is 0.472 e. The standard InChI is InChI=1S/C16H15ClN2O3/c17-14-3-1-12(2-4-14)15(20)18-6-8-19(9-7-18)16(21)13-5-10-22-11-13/h1-5,10-11H,6-9H2. The Hall–Kier alpha value is -2.27. The summed E-state index contributed by atoms with van der Waals surface area (Å²) in [6.07, 6.45) is 2.92. The summed E-state index contributed by atoms with van der Waals surface area (Å²) in [5, 5.41) is 0.604. The Morgan fingerprint density at radius 1 is 0.864 bits per heavy atom. The minimum Gasteiger partial charge on any atom is -0.472 e. The van der Waals surface area contributed by atoms with Crippen LogP contribution < -0.4 is 0 Å². The van der Waals surface area contributed by atoms with E-state index in [9.17, 15) is 9.59 Å². The summed E-state index contributed by atoms with van der Waals surface area (Å²) in [5.74, 6) is -0.0978. The van der Waals surface area contributed by atoms with Gasteiger partial charge in [-0.05, 0) is 30.3 Å². The number of carbonyl (C=O) groups is 2. The van der Waals surface area contributed by atoms with Crippen molar-refractivity contribution in [3.8, 4) is 0 Å². The molecular formula is C16H15ClN2O3. The number of hydrogen-bond donors (Lipinski definition) is 0. The first-order chi connectivity index (χ1) is 10.6. The van der Waals surface area contributed by atoms with Crippen LogP contribution in [0.5, 0.6) is 0 Å². The lowest BCUT2D eigenvalue weighted by Crippen LogP contribution is -2.50. The molecule has 1 saturated heterocycles. The first-order valence-corrected chi connectivity index (χ1v) is 7.39. The van der Waals surface area contributed by atoms with Gasteiger partial charge in [-0.15, -0.1) is 0 Å². The smallest absolute Gasteiger partial charge is 0.257 e. The molecule has 3 rings (SSSR count). The van der Waals surface area contributed by atoms with E-state index in [1.165, 1.54) is 12.5 Å². The zero-order valence-electron chi connectivity index (χ0n) is 11.9. The van der Waals surface area contributed by atoms with Gasteiger partial charge in [0.2, 0.25) is 0 Å². The van der Waals surface area contributed by atoms with E-state index in [0.29, 0.717) is 42.3 Å². The van der Waals surface area contributed by atoms with Gasteiger partial charge >= 0.3 is 0 Å². The lowest BCUT2D eigenvalue weighted by atomic mass is 10.1. The molecule has 1 aromatic heterocycles. The van der Waals surface area contributed by atoms with Crippen molar-refractivity contribution in [2.45, 2.75) is 0 Å².